The highest BCUT2D eigenvalue weighted by molar-refractivity contribution is 5.95. The molecule has 222 valence electrons. The molecule has 0 unspecified atom stereocenters. The van der Waals surface area contributed by atoms with Gasteiger partial charge in [0.25, 0.3) is 17.7 Å². The fourth-order valence-corrected chi connectivity index (χ4v) is 5.99. The Morgan fingerprint density at radius 2 is 1.76 bits per heavy atom. The van der Waals surface area contributed by atoms with Crippen molar-refractivity contribution in [3.05, 3.63) is 72.1 Å². The van der Waals surface area contributed by atoms with E-state index in [0.717, 1.165) is 25.7 Å². The van der Waals surface area contributed by atoms with Crippen LogP contribution < -0.4 is 4.74 Å². The fraction of sp³-hybridized carbons (Fsp3) is 0.484. The first kappa shape index (κ1) is 29.2. The number of carbonyl (C=O) groups excluding carboxylic acids is 3. The van der Waals surface area contributed by atoms with E-state index in [2.05, 4.69) is 15.1 Å². The molecule has 0 atom stereocenters. The maximum absolute atomic E-state index is 13.5. The Balaban J connectivity index is 1.35. The van der Waals surface area contributed by atoms with E-state index < -0.39 is 0 Å². The average molecular weight is 574 g/mol. The topological polar surface area (TPSA) is 114 Å². The maximum atomic E-state index is 13.5. The Hall–Kier alpha value is -4.28. The van der Waals surface area contributed by atoms with Gasteiger partial charge in [-0.25, -0.2) is 4.98 Å². The number of ether oxygens (including phenoxy) is 1. The molecule has 11 heteroatoms. The molecule has 2 bridgehead atoms. The van der Waals surface area contributed by atoms with Crippen LogP contribution in [0.2, 0.25) is 0 Å². The van der Waals surface area contributed by atoms with Gasteiger partial charge in [0.2, 0.25) is 0 Å². The van der Waals surface area contributed by atoms with Crippen LogP contribution in [-0.4, -0.2) is 98.5 Å². The molecule has 1 aromatic carbocycles. The van der Waals surface area contributed by atoms with Crippen LogP contribution in [0.1, 0.15) is 70.2 Å². The first-order valence-electron chi connectivity index (χ1n) is 14.7. The van der Waals surface area contributed by atoms with Gasteiger partial charge in [-0.1, -0.05) is 6.07 Å². The largest absolute Gasteiger partial charge is 0.494 e. The van der Waals surface area contributed by atoms with E-state index in [1.54, 1.807) is 34.2 Å². The number of carbonyl (C=O) groups is 3. The van der Waals surface area contributed by atoms with Crippen LogP contribution in [0.25, 0.3) is 0 Å². The number of hydrogen-bond acceptors (Lipinski definition) is 7. The number of rotatable bonds is 3. The van der Waals surface area contributed by atoms with Crippen molar-refractivity contribution in [2.45, 2.75) is 45.6 Å². The summed E-state index contributed by atoms with van der Waals surface area (Å²) in [5.74, 6) is 0.413. The van der Waals surface area contributed by atoms with Gasteiger partial charge >= 0.3 is 0 Å². The van der Waals surface area contributed by atoms with Crippen LogP contribution in [0.5, 0.6) is 5.75 Å². The number of aromatic nitrogens is 4. The molecule has 2 aromatic heterocycles. The number of nitrogens with zero attached hydrogens (tertiary/aromatic N) is 7. The zero-order valence-electron chi connectivity index (χ0n) is 24.4. The lowest BCUT2D eigenvalue weighted by molar-refractivity contribution is 0.0384. The molecular weight excluding hydrogens is 534 g/mol. The SMILES string of the molecule is CCn1cc(C(=O)N2CCC3(CCCN(C(=O)c4cnccn4)CCCOc4cccc(c4)C(=O)N(C)C3)CC2)cn1. The number of aryl methyl sites for hydroxylation is 1. The summed E-state index contributed by atoms with van der Waals surface area (Å²) in [5.41, 5.74) is 1.31. The van der Waals surface area contributed by atoms with E-state index >= 15 is 0 Å². The van der Waals surface area contributed by atoms with Crippen molar-refractivity contribution in [2.75, 3.05) is 46.4 Å². The molecule has 4 heterocycles. The number of fused-ring (bicyclic) bond motifs is 2. The lowest BCUT2D eigenvalue weighted by Crippen LogP contribution is -2.48. The van der Waals surface area contributed by atoms with Gasteiger partial charge in [0.05, 0.1) is 24.6 Å². The van der Waals surface area contributed by atoms with Gasteiger partial charge in [-0.05, 0) is 62.6 Å². The van der Waals surface area contributed by atoms with Crippen molar-refractivity contribution >= 4 is 17.7 Å². The predicted molar refractivity (Wildman–Crippen MR) is 156 cm³/mol. The molecule has 2 aliphatic heterocycles. The second-order valence-corrected chi connectivity index (χ2v) is 11.3. The fourth-order valence-electron chi connectivity index (χ4n) is 5.99. The molecule has 0 aliphatic carbocycles. The number of piperidine rings is 1. The normalized spacial score (nSPS) is 18.2. The molecule has 1 saturated heterocycles. The van der Waals surface area contributed by atoms with Gasteiger partial charge in [0, 0.05) is 70.5 Å². The highest BCUT2D eigenvalue weighted by atomic mass is 16.5. The highest BCUT2D eigenvalue weighted by Crippen LogP contribution is 2.38. The van der Waals surface area contributed by atoms with Crippen LogP contribution in [0.3, 0.4) is 0 Å². The Morgan fingerprint density at radius 3 is 2.50 bits per heavy atom. The Labute approximate surface area is 246 Å². The molecular formula is C31H39N7O4. The maximum Gasteiger partial charge on any atom is 0.274 e. The minimum Gasteiger partial charge on any atom is -0.494 e. The van der Waals surface area contributed by atoms with Crippen molar-refractivity contribution in [3.63, 3.8) is 0 Å². The third-order valence-corrected chi connectivity index (χ3v) is 8.36. The van der Waals surface area contributed by atoms with Gasteiger partial charge in [-0.15, -0.1) is 0 Å². The van der Waals surface area contributed by atoms with Crippen LogP contribution in [0.15, 0.2) is 55.2 Å². The standard InChI is InChI=1S/C31H39N7O4/c1-3-38-22-25(20-34-38)29(40)37-16-10-31(11-17-37)9-5-14-36(30(41)27-21-32-12-13-33-27)15-6-18-42-26-8-4-7-24(19-26)28(39)35(2)23-31/h4,7-8,12-13,19-22H,3,5-6,9-11,14-18,23H2,1-2H3. The van der Waals surface area contributed by atoms with Gasteiger partial charge in [-0.3, -0.25) is 24.0 Å². The lowest BCUT2D eigenvalue weighted by atomic mass is 9.74. The smallest absolute Gasteiger partial charge is 0.274 e. The van der Waals surface area contributed by atoms with Crippen molar-refractivity contribution in [1.82, 2.24) is 34.4 Å². The molecule has 0 N–H and O–H groups in total. The number of benzene rings is 1. The summed E-state index contributed by atoms with van der Waals surface area (Å²) in [6.07, 6.45) is 11.8. The van der Waals surface area contributed by atoms with Crippen molar-refractivity contribution in [1.29, 1.82) is 0 Å². The third kappa shape index (κ3) is 6.78. The molecule has 42 heavy (non-hydrogen) atoms. The molecule has 2 aliphatic rings. The van der Waals surface area contributed by atoms with E-state index in [1.165, 1.54) is 12.4 Å². The molecule has 3 amide bonds. The second-order valence-electron chi connectivity index (χ2n) is 11.3. The monoisotopic (exact) mass is 573 g/mol. The lowest BCUT2D eigenvalue weighted by Gasteiger charge is -2.44. The summed E-state index contributed by atoms with van der Waals surface area (Å²) in [6, 6.07) is 7.27. The summed E-state index contributed by atoms with van der Waals surface area (Å²) in [4.78, 5) is 53.9. The molecule has 0 radical (unpaired) electrons. The zero-order valence-corrected chi connectivity index (χ0v) is 24.4. The number of hydrogen-bond donors (Lipinski definition) is 0. The van der Waals surface area contributed by atoms with Gasteiger partial charge in [-0.2, -0.15) is 5.10 Å². The third-order valence-electron chi connectivity index (χ3n) is 8.36. The quantitative estimate of drug-likeness (QED) is 0.472. The number of likely N-dealkylation sites (tertiary alicyclic amines) is 1. The predicted octanol–water partition coefficient (Wildman–Crippen LogP) is 3.39. The van der Waals surface area contributed by atoms with Crippen LogP contribution in [-0.2, 0) is 6.54 Å². The minimum absolute atomic E-state index is 0.0105. The van der Waals surface area contributed by atoms with E-state index in [0.29, 0.717) is 74.9 Å². The van der Waals surface area contributed by atoms with Crippen LogP contribution >= 0.6 is 0 Å². The first-order valence-corrected chi connectivity index (χ1v) is 14.7. The molecule has 0 saturated carbocycles. The van der Waals surface area contributed by atoms with Gasteiger partial charge in [0.15, 0.2) is 0 Å². The average Bonchev–Trinajstić information content (AvgIpc) is 3.51. The molecule has 11 nitrogen and oxygen atoms in total. The molecule has 1 fully saturated rings. The summed E-state index contributed by atoms with van der Waals surface area (Å²) in [6.45, 7) is 5.96. The van der Waals surface area contributed by atoms with Gasteiger partial charge in [0.1, 0.15) is 11.4 Å². The zero-order chi connectivity index (χ0) is 29.5. The van der Waals surface area contributed by atoms with E-state index in [1.807, 2.05) is 42.0 Å². The highest BCUT2D eigenvalue weighted by Gasteiger charge is 2.38. The second kappa shape index (κ2) is 13.1. The van der Waals surface area contributed by atoms with E-state index in [4.69, 9.17) is 4.74 Å². The number of amides is 3. The van der Waals surface area contributed by atoms with Crippen LogP contribution in [0.4, 0.5) is 0 Å². The van der Waals surface area contributed by atoms with Crippen molar-refractivity contribution in [2.24, 2.45) is 5.41 Å². The Morgan fingerprint density at radius 1 is 0.976 bits per heavy atom. The van der Waals surface area contributed by atoms with E-state index in [9.17, 15) is 14.4 Å². The van der Waals surface area contributed by atoms with Gasteiger partial charge < -0.3 is 19.4 Å². The van der Waals surface area contributed by atoms with E-state index in [-0.39, 0.29) is 23.1 Å². The Kier molecular flexibility index (Phi) is 9.14. The summed E-state index contributed by atoms with van der Waals surface area (Å²) in [7, 11) is 1.84. The summed E-state index contributed by atoms with van der Waals surface area (Å²) in [5, 5.41) is 4.26. The molecule has 3 aromatic rings. The minimum atomic E-state index is -0.190. The summed E-state index contributed by atoms with van der Waals surface area (Å²) >= 11 is 0. The molecule has 1 spiro atoms. The van der Waals surface area contributed by atoms with Crippen molar-refractivity contribution < 1.29 is 19.1 Å². The van der Waals surface area contributed by atoms with Crippen LogP contribution in [0, 0.1) is 5.41 Å². The summed E-state index contributed by atoms with van der Waals surface area (Å²) < 4.78 is 7.71. The Bertz CT molecular complexity index is 1380. The molecule has 5 rings (SSSR count). The first-order chi connectivity index (χ1) is 20.4. The van der Waals surface area contributed by atoms with Crippen molar-refractivity contribution in [3.8, 4) is 5.75 Å².